The van der Waals surface area contributed by atoms with Crippen LogP contribution in [-0.2, 0) is 23.5 Å². The number of benzene rings is 1. The number of sulfonamides is 1. The molecule has 7 heteroatoms. The Morgan fingerprint density at radius 1 is 1.18 bits per heavy atom. The molecule has 1 aliphatic heterocycles. The number of carbonyl (C=O) groups is 1. The molecule has 2 atom stereocenters. The number of aromatic nitrogens is 1. The third-order valence-corrected chi connectivity index (χ3v) is 7.85. The van der Waals surface area contributed by atoms with Crippen molar-refractivity contribution in [3.8, 4) is 0 Å². The van der Waals surface area contributed by atoms with Crippen molar-refractivity contribution < 1.29 is 13.2 Å². The quantitative estimate of drug-likeness (QED) is 0.856. The lowest BCUT2D eigenvalue weighted by molar-refractivity contribution is 0.0902. The molecule has 0 unspecified atom stereocenters. The first-order valence-electron chi connectivity index (χ1n) is 9.96. The summed E-state index contributed by atoms with van der Waals surface area (Å²) in [7, 11) is -1.98. The lowest BCUT2D eigenvalue weighted by atomic mass is 9.86. The number of nitrogens with one attached hydrogen (secondary N) is 1. The lowest BCUT2D eigenvalue weighted by Crippen LogP contribution is -2.41. The highest BCUT2D eigenvalue weighted by Crippen LogP contribution is 2.33. The van der Waals surface area contributed by atoms with E-state index in [0.29, 0.717) is 24.6 Å². The Morgan fingerprint density at radius 2 is 1.93 bits per heavy atom. The van der Waals surface area contributed by atoms with E-state index in [9.17, 15) is 13.2 Å². The molecule has 1 aromatic heterocycles. The highest BCUT2D eigenvalue weighted by Gasteiger charge is 2.32. The number of aryl methyl sites for hydroxylation is 1. The van der Waals surface area contributed by atoms with Crippen LogP contribution in [0.2, 0.25) is 0 Å². The Kier molecular flexibility index (Phi) is 4.95. The maximum Gasteiger partial charge on any atom is 0.268 e. The van der Waals surface area contributed by atoms with Gasteiger partial charge in [0.2, 0.25) is 0 Å². The van der Waals surface area contributed by atoms with Crippen LogP contribution in [0.1, 0.15) is 48.7 Å². The number of hydrogen-bond acceptors (Lipinski definition) is 3. The number of amides is 1. The van der Waals surface area contributed by atoms with E-state index in [2.05, 4.69) is 12.2 Å². The average Bonchev–Trinajstić information content (AvgIpc) is 3.28. The van der Waals surface area contributed by atoms with Gasteiger partial charge in [-0.1, -0.05) is 38.0 Å². The molecule has 2 heterocycles. The van der Waals surface area contributed by atoms with E-state index in [1.807, 2.05) is 24.3 Å². The summed E-state index contributed by atoms with van der Waals surface area (Å²) >= 11 is 0. The summed E-state index contributed by atoms with van der Waals surface area (Å²) in [5.41, 5.74) is 2.14. The number of fused-ring (bicyclic) bond motifs is 1. The Bertz CT molecular complexity index is 996. The van der Waals surface area contributed by atoms with Crippen molar-refractivity contribution in [2.24, 2.45) is 13.0 Å². The maximum atomic E-state index is 13.2. The number of rotatable bonds is 4. The second-order valence-corrected chi connectivity index (χ2v) is 9.83. The molecule has 1 aromatic carbocycles. The van der Waals surface area contributed by atoms with Crippen molar-refractivity contribution in [1.29, 1.82) is 0 Å². The fourth-order valence-corrected chi connectivity index (χ4v) is 5.93. The van der Waals surface area contributed by atoms with E-state index in [4.69, 9.17) is 0 Å². The first-order valence-corrected chi connectivity index (χ1v) is 11.4. The minimum Gasteiger partial charge on any atom is -0.348 e. The number of hydrogen-bond donors (Lipinski definition) is 1. The smallest absolute Gasteiger partial charge is 0.268 e. The molecule has 0 saturated heterocycles. The van der Waals surface area contributed by atoms with Crippen molar-refractivity contribution in [3.05, 3.63) is 47.8 Å². The topological polar surface area (TPSA) is 71.4 Å². The molecule has 1 saturated carbocycles. The molecular weight excluding hydrogens is 374 g/mol. The predicted octanol–water partition coefficient (Wildman–Crippen LogP) is 3.09. The molecule has 28 heavy (non-hydrogen) atoms. The van der Waals surface area contributed by atoms with Crippen LogP contribution in [0.5, 0.6) is 0 Å². The fourth-order valence-electron chi connectivity index (χ4n) is 4.36. The van der Waals surface area contributed by atoms with Gasteiger partial charge in [-0.2, -0.15) is 0 Å². The number of para-hydroxylation sites is 1. The summed E-state index contributed by atoms with van der Waals surface area (Å²) in [6.07, 6.45) is 6.66. The summed E-state index contributed by atoms with van der Waals surface area (Å²) in [6.45, 7) is 2.59. The van der Waals surface area contributed by atoms with Gasteiger partial charge in [0.25, 0.3) is 15.9 Å². The van der Waals surface area contributed by atoms with Gasteiger partial charge in [-0.15, -0.1) is 0 Å². The molecule has 0 bridgehead atoms. The van der Waals surface area contributed by atoms with E-state index in [1.165, 1.54) is 23.0 Å². The van der Waals surface area contributed by atoms with E-state index < -0.39 is 10.0 Å². The van der Waals surface area contributed by atoms with E-state index >= 15 is 0 Å². The molecule has 1 N–H and O–H groups in total. The van der Waals surface area contributed by atoms with Crippen molar-refractivity contribution in [2.45, 2.75) is 50.0 Å². The maximum absolute atomic E-state index is 13.2. The first kappa shape index (κ1) is 19.1. The van der Waals surface area contributed by atoms with Gasteiger partial charge >= 0.3 is 0 Å². The number of nitrogens with zero attached hydrogens (tertiary/aromatic N) is 2. The molecule has 0 spiro atoms. The van der Waals surface area contributed by atoms with E-state index in [0.717, 1.165) is 30.5 Å². The van der Waals surface area contributed by atoms with Crippen LogP contribution in [0.3, 0.4) is 0 Å². The molecule has 2 aromatic rings. The molecule has 1 amide bonds. The summed E-state index contributed by atoms with van der Waals surface area (Å²) < 4.78 is 29.5. The third-order valence-electron chi connectivity index (χ3n) is 6.07. The van der Waals surface area contributed by atoms with Crippen LogP contribution in [0, 0.1) is 5.92 Å². The summed E-state index contributed by atoms with van der Waals surface area (Å²) in [5, 5.41) is 3.11. The molecule has 0 radical (unpaired) electrons. The summed E-state index contributed by atoms with van der Waals surface area (Å²) in [4.78, 5) is 13.0. The zero-order valence-electron chi connectivity index (χ0n) is 16.4. The van der Waals surface area contributed by atoms with Crippen molar-refractivity contribution >= 4 is 21.6 Å². The Balaban J connectivity index is 1.58. The minimum atomic E-state index is -3.70. The number of carbonyl (C=O) groups excluding carboxylic acids is 1. The van der Waals surface area contributed by atoms with Gasteiger partial charge in [-0.25, -0.2) is 8.42 Å². The summed E-state index contributed by atoms with van der Waals surface area (Å²) in [6, 6.07) is 9.22. The van der Waals surface area contributed by atoms with Crippen LogP contribution in [-0.4, -0.2) is 31.5 Å². The Hall–Kier alpha value is -2.28. The molecule has 6 nitrogen and oxygen atoms in total. The van der Waals surface area contributed by atoms with Crippen LogP contribution >= 0.6 is 0 Å². The van der Waals surface area contributed by atoms with Gasteiger partial charge in [-0.05, 0) is 42.9 Å². The second-order valence-electron chi connectivity index (χ2n) is 7.97. The van der Waals surface area contributed by atoms with Crippen LogP contribution in [0.15, 0.2) is 41.4 Å². The molecule has 4 rings (SSSR count). The number of anilines is 1. The van der Waals surface area contributed by atoms with Crippen molar-refractivity contribution in [3.63, 3.8) is 0 Å². The zero-order chi connectivity index (χ0) is 19.9. The van der Waals surface area contributed by atoms with E-state index in [1.54, 1.807) is 11.6 Å². The standard InChI is InChI=1S/C21H27N3O3S/c1-15-7-3-5-9-18(15)22-21(25)20-13-17(14-23(20)2)28(26,27)24-12-11-16-8-4-6-10-19(16)24/h4,6,8,10,13-15,18H,3,5,7,9,11-12H2,1-2H3,(H,22,25)/t15-,18+/m1/s1. The average molecular weight is 402 g/mol. The monoisotopic (exact) mass is 401 g/mol. The molecule has 2 aliphatic rings. The SMILES string of the molecule is C[C@@H]1CCCC[C@@H]1NC(=O)c1cc(S(=O)(=O)N2CCc3ccccc32)cn1C. The first-order chi connectivity index (χ1) is 13.4. The zero-order valence-corrected chi connectivity index (χ0v) is 17.2. The van der Waals surface area contributed by atoms with Crippen LogP contribution in [0.25, 0.3) is 0 Å². The van der Waals surface area contributed by atoms with Gasteiger partial charge in [-0.3, -0.25) is 9.10 Å². The lowest BCUT2D eigenvalue weighted by Gasteiger charge is -2.29. The Labute approximate surface area is 166 Å². The second kappa shape index (κ2) is 7.28. The fraction of sp³-hybridized carbons (Fsp3) is 0.476. The largest absolute Gasteiger partial charge is 0.348 e. The molecular formula is C21H27N3O3S. The molecule has 150 valence electrons. The molecule has 1 fully saturated rings. The van der Waals surface area contributed by atoms with Gasteiger partial charge in [0.05, 0.1) is 5.69 Å². The van der Waals surface area contributed by atoms with Gasteiger partial charge in [0, 0.05) is 25.8 Å². The highest BCUT2D eigenvalue weighted by molar-refractivity contribution is 7.92. The highest BCUT2D eigenvalue weighted by atomic mass is 32.2. The predicted molar refractivity (Wildman–Crippen MR) is 109 cm³/mol. The summed E-state index contributed by atoms with van der Waals surface area (Å²) in [5.74, 6) is 0.242. The van der Waals surface area contributed by atoms with E-state index in [-0.39, 0.29) is 16.8 Å². The Morgan fingerprint density at radius 3 is 2.71 bits per heavy atom. The third kappa shape index (κ3) is 3.32. The van der Waals surface area contributed by atoms with Crippen LogP contribution in [0.4, 0.5) is 5.69 Å². The normalized spacial score (nSPS) is 22.1. The van der Waals surface area contributed by atoms with Gasteiger partial charge < -0.3 is 9.88 Å². The van der Waals surface area contributed by atoms with Gasteiger partial charge in [0.1, 0.15) is 10.6 Å². The van der Waals surface area contributed by atoms with Crippen LogP contribution < -0.4 is 9.62 Å². The van der Waals surface area contributed by atoms with Crippen molar-refractivity contribution in [2.75, 3.05) is 10.8 Å². The molecule has 1 aliphatic carbocycles. The van der Waals surface area contributed by atoms with Crippen molar-refractivity contribution in [1.82, 2.24) is 9.88 Å². The minimum absolute atomic E-state index is 0.154. The van der Waals surface area contributed by atoms with Gasteiger partial charge in [0.15, 0.2) is 0 Å².